The zero-order chi connectivity index (χ0) is 17.3. The van der Waals surface area contributed by atoms with Crippen LogP contribution >= 0.6 is 11.6 Å². The van der Waals surface area contributed by atoms with E-state index in [2.05, 4.69) is 15.3 Å². The van der Waals surface area contributed by atoms with Gasteiger partial charge in [-0.25, -0.2) is 14.4 Å². The molecule has 0 atom stereocenters. The lowest BCUT2D eigenvalue weighted by Gasteiger charge is -2.11. The van der Waals surface area contributed by atoms with Crippen LogP contribution in [0.25, 0.3) is 10.9 Å². The fraction of sp³-hybridized carbons (Fsp3) is 0.294. The normalized spacial score (nSPS) is 11.0. The van der Waals surface area contributed by atoms with E-state index in [4.69, 9.17) is 16.3 Å². The number of aryl methyl sites for hydroxylation is 2. The van der Waals surface area contributed by atoms with Crippen molar-refractivity contribution in [3.63, 3.8) is 0 Å². The topological polar surface area (TPSA) is 52.0 Å². The summed E-state index contributed by atoms with van der Waals surface area (Å²) in [6.07, 6.45) is 0. The first-order chi connectivity index (χ1) is 11.5. The number of aromatic nitrogens is 3. The molecule has 1 N–H and O–H groups in total. The molecule has 0 unspecified atom stereocenters. The molecule has 0 aliphatic rings. The molecule has 24 heavy (non-hydrogen) atoms. The molecule has 0 aliphatic carbocycles. The molecule has 0 saturated carbocycles. The van der Waals surface area contributed by atoms with Crippen LogP contribution in [0.4, 0.5) is 10.2 Å². The second kappa shape index (κ2) is 6.65. The van der Waals surface area contributed by atoms with Crippen molar-refractivity contribution in [3.8, 4) is 5.75 Å². The fourth-order valence-electron chi connectivity index (χ4n) is 2.82. The summed E-state index contributed by atoms with van der Waals surface area (Å²) in [4.78, 5) is 8.30. The quantitative estimate of drug-likeness (QED) is 0.709. The van der Waals surface area contributed by atoms with Gasteiger partial charge < -0.3 is 14.6 Å². The lowest BCUT2D eigenvalue weighted by atomic mass is 10.2. The Morgan fingerprint density at radius 3 is 2.75 bits per heavy atom. The maximum Gasteiger partial charge on any atom is 0.147 e. The number of nitrogens with one attached hydrogen (secondary N) is 1. The van der Waals surface area contributed by atoms with E-state index in [9.17, 15) is 4.39 Å². The number of nitrogens with zero attached hydrogens (tertiary/aromatic N) is 3. The third-order valence-electron chi connectivity index (χ3n) is 3.84. The summed E-state index contributed by atoms with van der Waals surface area (Å²) in [5.74, 6) is 1.65. The van der Waals surface area contributed by atoms with Crippen LogP contribution in [0.15, 0.2) is 24.3 Å². The van der Waals surface area contributed by atoms with Crippen LogP contribution in [0.1, 0.15) is 11.5 Å². The highest BCUT2D eigenvalue weighted by Gasteiger charge is 2.14. The molecule has 2 heterocycles. The van der Waals surface area contributed by atoms with E-state index >= 15 is 0 Å². The van der Waals surface area contributed by atoms with Crippen molar-refractivity contribution in [2.75, 3.05) is 19.0 Å². The molecular weight excluding hydrogens is 331 g/mol. The van der Waals surface area contributed by atoms with Crippen molar-refractivity contribution < 1.29 is 9.13 Å². The Morgan fingerprint density at radius 2 is 2.04 bits per heavy atom. The third kappa shape index (κ3) is 3.14. The Labute approximate surface area is 144 Å². The lowest BCUT2D eigenvalue weighted by Crippen LogP contribution is -2.13. The van der Waals surface area contributed by atoms with E-state index in [-0.39, 0.29) is 5.82 Å². The Hall–Kier alpha value is -2.34. The summed E-state index contributed by atoms with van der Waals surface area (Å²) in [5, 5.41) is 4.36. The third-order valence-corrected chi connectivity index (χ3v) is 4.04. The van der Waals surface area contributed by atoms with Crippen molar-refractivity contribution in [3.05, 3.63) is 46.8 Å². The predicted molar refractivity (Wildman–Crippen MR) is 93.5 cm³/mol. The van der Waals surface area contributed by atoms with Crippen LogP contribution < -0.4 is 10.1 Å². The van der Waals surface area contributed by atoms with Crippen LogP contribution in [0, 0.1) is 19.7 Å². The van der Waals surface area contributed by atoms with Crippen LogP contribution in [-0.2, 0) is 6.54 Å². The Bertz CT molecular complexity index is 874. The first kappa shape index (κ1) is 16.5. The molecule has 0 bridgehead atoms. The van der Waals surface area contributed by atoms with E-state index < -0.39 is 0 Å². The van der Waals surface area contributed by atoms with Gasteiger partial charge in [-0.1, -0.05) is 11.6 Å². The highest BCUT2D eigenvalue weighted by Crippen LogP contribution is 2.30. The molecule has 0 fully saturated rings. The Balaban J connectivity index is 1.84. The number of hydrogen-bond donors (Lipinski definition) is 1. The molecule has 0 spiro atoms. The minimum absolute atomic E-state index is 0.264. The van der Waals surface area contributed by atoms with Crippen molar-refractivity contribution in [2.45, 2.75) is 20.4 Å². The first-order valence-electron chi connectivity index (χ1n) is 7.57. The summed E-state index contributed by atoms with van der Waals surface area (Å²) in [6, 6.07) is 6.67. The van der Waals surface area contributed by atoms with Crippen LogP contribution in [0.3, 0.4) is 0 Å². The summed E-state index contributed by atoms with van der Waals surface area (Å²) < 4.78 is 21.5. The largest absolute Gasteiger partial charge is 0.496 e. The lowest BCUT2D eigenvalue weighted by molar-refractivity contribution is 0.419. The molecule has 7 heteroatoms. The zero-order valence-corrected chi connectivity index (χ0v) is 14.5. The number of fused-ring (bicyclic) bond motifs is 1. The maximum atomic E-state index is 14.3. The van der Waals surface area contributed by atoms with Gasteiger partial charge in [0, 0.05) is 30.2 Å². The van der Waals surface area contributed by atoms with Crippen LogP contribution in [0.2, 0.25) is 5.15 Å². The van der Waals surface area contributed by atoms with Gasteiger partial charge in [-0.05, 0) is 32.0 Å². The average Bonchev–Trinajstić information content (AvgIpc) is 2.84. The summed E-state index contributed by atoms with van der Waals surface area (Å²) >= 11 is 5.93. The van der Waals surface area contributed by atoms with Gasteiger partial charge in [-0.3, -0.25) is 0 Å². The smallest absolute Gasteiger partial charge is 0.147 e. The molecule has 3 rings (SSSR count). The standard InChI is InChI=1S/C17H18ClFN4O/c1-10-8-12-14(24-3)5-4-13(19)17(12)23(10)7-6-20-16-9-15(18)21-11(2)22-16/h4-5,8-9H,6-7H2,1-3H3,(H,20,21,22). The van der Waals surface area contributed by atoms with Gasteiger partial charge in [0.15, 0.2) is 0 Å². The molecule has 0 saturated heterocycles. The summed E-state index contributed by atoms with van der Waals surface area (Å²) in [5.41, 5.74) is 1.51. The minimum Gasteiger partial charge on any atom is -0.496 e. The minimum atomic E-state index is -0.264. The number of anilines is 1. The molecule has 0 amide bonds. The maximum absolute atomic E-state index is 14.3. The van der Waals surface area contributed by atoms with E-state index in [0.717, 1.165) is 11.1 Å². The molecule has 0 radical (unpaired) electrons. The van der Waals surface area contributed by atoms with Crippen molar-refractivity contribution in [1.29, 1.82) is 0 Å². The Kier molecular flexibility index (Phi) is 4.57. The van der Waals surface area contributed by atoms with Crippen LogP contribution in [0.5, 0.6) is 5.75 Å². The highest BCUT2D eigenvalue weighted by atomic mass is 35.5. The second-order valence-electron chi connectivity index (χ2n) is 5.50. The fourth-order valence-corrected chi connectivity index (χ4v) is 3.05. The van der Waals surface area contributed by atoms with Gasteiger partial charge in [0.05, 0.1) is 12.6 Å². The van der Waals surface area contributed by atoms with Gasteiger partial charge in [-0.2, -0.15) is 0 Å². The summed E-state index contributed by atoms with van der Waals surface area (Å²) in [6.45, 7) is 4.89. The van der Waals surface area contributed by atoms with E-state index in [1.165, 1.54) is 6.07 Å². The number of rotatable bonds is 5. The van der Waals surface area contributed by atoms with Crippen molar-refractivity contribution in [1.82, 2.24) is 14.5 Å². The average molecular weight is 349 g/mol. The van der Waals surface area contributed by atoms with Crippen LogP contribution in [-0.4, -0.2) is 28.2 Å². The van der Waals surface area contributed by atoms with Gasteiger partial charge in [0.25, 0.3) is 0 Å². The van der Waals surface area contributed by atoms with Crippen molar-refractivity contribution >= 4 is 28.3 Å². The van der Waals surface area contributed by atoms with Crippen molar-refractivity contribution in [2.24, 2.45) is 0 Å². The first-order valence-corrected chi connectivity index (χ1v) is 7.95. The monoisotopic (exact) mass is 348 g/mol. The molecular formula is C17H18ClFN4O. The van der Waals surface area contributed by atoms with E-state index in [1.54, 1.807) is 26.2 Å². The molecule has 1 aromatic carbocycles. The second-order valence-corrected chi connectivity index (χ2v) is 5.89. The summed E-state index contributed by atoms with van der Waals surface area (Å²) in [7, 11) is 1.59. The highest BCUT2D eigenvalue weighted by molar-refractivity contribution is 6.29. The number of benzene rings is 1. The van der Waals surface area contributed by atoms with E-state index in [1.807, 2.05) is 17.6 Å². The molecule has 5 nitrogen and oxygen atoms in total. The van der Waals surface area contributed by atoms with Gasteiger partial charge in [-0.15, -0.1) is 0 Å². The van der Waals surface area contributed by atoms with Gasteiger partial charge >= 0.3 is 0 Å². The van der Waals surface area contributed by atoms with E-state index in [0.29, 0.717) is 41.2 Å². The molecule has 126 valence electrons. The molecule has 0 aliphatic heterocycles. The molecule has 2 aromatic heterocycles. The van der Waals surface area contributed by atoms with Gasteiger partial charge in [0.2, 0.25) is 0 Å². The number of hydrogen-bond acceptors (Lipinski definition) is 4. The Morgan fingerprint density at radius 1 is 1.25 bits per heavy atom. The number of halogens is 2. The number of methoxy groups -OCH3 is 1. The zero-order valence-electron chi connectivity index (χ0n) is 13.7. The molecule has 3 aromatic rings. The SMILES string of the molecule is COc1ccc(F)c2c1cc(C)n2CCNc1cc(Cl)nc(C)n1. The predicted octanol–water partition coefficient (Wildman–Crippen LogP) is 3.96. The number of ether oxygens (including phenoxy) is 1. The van der Waals surface area contributed by atoms with Gasteiger partial charge in [0.1, 0.15) is 28.4 Å².